The van der Waals surface area contributed by atoms with Gasteiger partial charge in [-0.1, -0.05) is 72.9 Å². The summed E-state index contributed by atoms with van der Waals surface area (Å²) in [5.41, 5.74) is 7.44. The lowest BCUT2D eigenvalue weighted by Crippen LogP contribution is -1.98. The van der Waals surface area contributed by atoms with Gasteiger partial charge in [-0.05, 0) is 49.6 Å². The maximum atomic E-state index is 3.98. The summed E-state index contributed by atoms with van der Waals surface area (Å²) in [6.45, 7) is 11.1. The van der Waals surface area contributed by atoms with Crippen LogP contribution in [0.25, 0.3) is 34.3 Å². The third-order valence-corrected chi connectivity index (χ3v) is 4.58. The summed E-state index contributed by atoms with van der Waals surface area (Å²) in [6.07, 6.45) is 10.5. The minimum atomic E-state index is 0.867. The summed E-state index contributed by atoms with van der Waals surface area (Å²) < 4.78 is 2.39. The van der Waals surface area contributed by atoms with Gasteiger partial charge in [0.15, 0.2) is 0 Å². The third kappa shape index (κ3) is 3.23. The first kappa shape index (κ1) is 17.0. The van der Waals surface area contributed by atoms with Crippen molar-refractivity contribution < 1.29 is 0 Å². The van der Waals surface area contributed by atoms with Crippen molar-refractivity contribution in [2.75, 3.05) is 0 Å². The molecule has 3 rings (SSSR count). The standard InChI is InChI=1S/C24H25N/c1-5-8-16-25-23-15-14-19(7-3)21(9-6-2)22(23)17-24(25)20-12-10-18(4)11-13-20/h5-15,17H,3,16H2,1-2,4H3/b8-5-,9-6-. The van der Waals surface area contributed by atoms with Gasteiger partial charge in [0.25, 0.3) is 0 Å². The van der Waals surface area contributed by atoms with Gasteiger partial charge in [-0.15, -0.1) is 0 Å². The van der Waals surface area contributed by atoms with Crippen molar-refractivity contribution >= 4 is 23.1 Å². The second-order valence-corrected chi connectivity index (χ2v) is 6.28. The topological polar surface area (TPSA) is 4.93 Å². The number of nitrogens with zero attached hydrogens (tertiary/aromatic N) is 1. The summed E-state index contributed by atoms with van der Waals surface area (Å²) in [6, 6.07) is 15.4. The first-order chi connectivity index (χ1) is 12.2. The van der Waals surface area contributed by atoms with Crippen LogP contribution in [0, 0.1) is 6.92 Å². The van der Waals surface area contributed by atoms with E-state index in [1.807, 2.05) is 6.08 Å². The fourth-order valence-electron chi connectivity index (χ4n) is 3.27. The molecule has 0 bridgehead atoms. The number of aromatic nitrogens is 1. The SMILES string of the molecule is C=Cc1ccc2c(cc(-c3ccc(C)cc3)n2C/C=C\C)c1/C=C\C. The fourth-order valence-corrected chi connectivity index (χ4v) is 3.27. The smallest absolute Gasteiger partial charge is 0.0494 e. The van der Waals surface area contributed by atoms with Gasteiger partial charge in [0.05, 0.1) is 0 Å². The van der Waals surface area contributed by atoms with Gasteiger partial charge in [0, 0.05) is 23.1 Å². The highest BCUT2D eigenvalue weighted by atomic mass is 15.0. The average Bonchev–Trinajstić information content (AvgIpc) is 3.00. The number of hydrogen-bond acceptors (Lipinski definition) is 0. The van der Waals surface area contributed by atoms with Crippen molar-refractivity contribution in [3.05, 3.63) is 84.0 Å². The first-order valence-electron chi connectivity index (χ1n) is 8.79. The van der Waals surface area contributed by atoms with Gasteiger partial charge in [-0.25, -0.2) is 0 Å². The minimum Gasteiger partial charge on any atom is -0.337 e. The number of aryl methyl sites for hydroxylation is 1. The molecule has 1 heteroatoms. The van der Waals surface area contributed by atoms with Crippen LogP contribution in [0.5, 0.6) is 0 Å². The van der Waals surface area contributed by atoms with Crippen LogP contribution in [0.2, 0.25) is 0 Å². The highest BCUT2D eigenvalue weighted by Crippen LogP contribution is 2.33. The van der Waals surface area contributed by atoms with Crippen molar-refractivity contribution in [2.45, 2.75) is 27.3 Å². The Balaban J connectivity index is 2.33. The highest BCUT2D eigenvalue weighted by molar-refractivity contribution is 5.96. The molecule has 0 saturated heterocycles. The maximum Gasteiger partial charge on any atom is 0.0494 e. The molecule has 0 unspecified atom stereocenters. The van der Waals surface area contributed by atoms with E-state index in [4.69, 9.17) is 0 Å². The second-order valence-electron chi connectivity index (χ2n) is 6.28. The van der Waals surface area contributed by atoms with E-state index in [9.17, 15) is 0 Å². The van der Waals surface area contributed by atoms with Crippen molar-refractivity contribution in [2.24, 2.45) is 0 Å². The van der Waals surface area contributed by atoms with E-state index >= 15 is 0 Å². The van der Waals surface area contributed by atoms with Gasteiger partial charge in [-0.3, -0.25) is 0 Å². The van der Waals surface area contributed by atoms with E-state index in [1.165, 1.54) is 38.9 Å². The quantitative estimate of drug-likeness (QED) is 0.451. The van der Waals surface area contributed by atoms with Crippen LogP contribution in [0.15, 0.2) is 67.3 Å². The summed E-state index contributed by atoms with van der Waals surface area (Å²) in [5.74, 6) is 0. The van der Waals surface area contributed by atoms with Crippen molar-refractivity contribution in [1.29, 1.82) is 0 Å². The largest absolute Gasteiger partial charge is 0.337 e. The first-order valence-corrected chi connectivity index (χ1v) is 8.79. The lowest BCUT2D eigenvalue weighted by molar-refractivity contribution is 0.871. The zero-order chi connectivity index (χ0) is 17.8. The predicted octanol–water partition coefficient (Wildman–Crippen LogP) is 6.87. The Kier molecular flexibility index (Phi) is 5.04. The minimum absolute atomic E-state index is 0.867. The molecule has 1 heterocycles. The zero-order valence-electron chi connectivity index (χ0n) is 15.3. The lowest BCUT2D eigenvalue weighted by atomic mass is 10.0. The van der Waals surface area contributed by atoms with Crippen molar-refractivity contribution in [3.8, 4) is 11.3 Å². The molecule has 1 nitrogen and oxygen atoms in total. The number of rotatable bonds is 5. The van der Waals surface area contributed by atoms with E-state index in [-0.39, 0.29) is 0 Å². The molecule has 1 aromatic heterocycles. The Labute approximate surface area is 150 Å². The molecule has 0 fully saturated rings. The van der Waals surface area contributed by atoms with Gasteiger partial charge in [0.1, 0.15) is 0 Å². The maximum absolute atomic E-state index is 3.98. The van der Waals surface area contributed by atoms with Crippen LogP contribution < -0.4 is 0 Å². The van der Waals surface area contributed by atoms with E-state index in [0.717, 1.165) is 6.54 Å². The molecule has 0 aliphatic heterocycles. The summed E-state index contributed by atoms with van der Waals surface area (Å²) in [5, 5.41) is 1.27. The van der Waals surface area contributed by atoms with Gasteiger partial charge < -0.3 is 4.57 Å². The van der Waals surface area contributed by atoms with Gasteiger partial charge >= 0.3 is 0 Å². The molecule has 0 aliphatic carbocycles. The number of benzene rings is 2. The summed E-state index contributed by atoms with van der Waals surface area (Å²) in [4.78, 5) is 0. The van der Waals surface area contributed by atoms with E-state index in [2.05, 4.69) is 98.7 Å². The zero-order valence-corrected chi connectivity index (χ0v) is 15.3. The molecule has 0 spiro atoms. The molecule has 0 N–H and O–H groups in total. The Hall–Kier alpha value is -2.80. The third-order valence-electron chi connectivity index (χ3n) is 4.58. The molecule has 126 valence electrons. The number of fused-ring (bicyclic) bond motifs is 1. The van der Waals surface area contributed by atoms with Crippen LogP contribution in [0.1, 0.15) is 30.5 Å². The van der Waals surface area contributed by atoms with E-state index in [0.29, 0.717) is 0 Å². The second kappa shape index (κ2) is 7.40. The fraction of sp³-hybridized carbons (Fsp3) is 0.167. The van der Waals surface area contributed by atoms with Crippen molar-refractivity contribution in [3.63, 3.8) is 0 Å². The number of hydrogen-bond donors (Lipinski definition) is 0. The number of allylic oxidation sites excluding steroid dienone is 3. The van der Waals surface area contributed by atoms with Crippen LogP contribution in [-0.2, 0) is 6.54 Å². The van der Waals surface area contributed by atoms with Gasteiger partial charge in [-0.2, -0.15) is 0 Å². The van der Waals surface area contributed by atoms with Crippen LogP contribution in [0.3, 0.4) is 0 Å². The molecular weight excluding hydrogens is 302 g/mol. The molecule has 0 radical (unpaired) electrons. The Morgan fingerprint density at radius 2 is 1.76 bits per heavy atom. The van der Waals surface area contributed by atoms with E-state index < -0.39 is 0 Å². The molecule has 0 atom stereocenters. The highest BCUT2D eigenvalue weighted by Gasteiger charge is 2.13. The predicted molar refractivity (Wildman–Crippen MR) is 112 cm³/mol. The van der Waals surface area contributed by atoms with Crippen LogP contribution in [-0.4, -0.2) is 4.57 Å². The Morgan fingerprint density at radius 3 is 2.40 bits per heavy atom. The van der Waals surface area contributed by atoms with Crippen LogP contribution in [0.4, 0.5) is 0 Å². The molecule has 3 aromatic rings. The Morgan fingerprint density at radius 1 is 1.00 bits per heavy atom. The van der Waals surface area contributed by atoms with E-state index in [1.54, 1.807) is 0 Å². The molecule has 25 heavy (non-hydrogen) atoms. The normalized spacial score (nSPS) is 11.8. The van der Waals surface area contributed by atoms with Crippen LogP contribution >= 0.6 is 0 Å². The van der Waals surface area contributed by atoms with Crippen molar-refractivity contribution in [1.82, 2.24) is 4.57 Å². The van der Waals surface area contributed by atoms with Gasteiger partial charge in [0.2, 0.25) is 0 Å². The molecule has 2 aromatic carbocycles. The average molecular weight is 327 g/mol. The Bertz CT molecular complexity index is 950. The molecule has 0 saturated carbocycles. The lowest BCUT2D eigenvalue weighted by Gasteiger charge is -2.10. The molecular formula is C24H25N. The molecule has 0 aliphatic rings. The summed E-state index contributed by atoms with van der Waals surface area (Å²) >= 11 is 0. The summed E-state index contributed by atoms with van der Waals surface area (Å²) in [7, 11) is 0. The monoisotopic (exact) mass is 327 g/mol. The molecule has 0 amide bonds.